The van der Waals surface area contributed by atoms with Crippen LogP contribution in [0, 0.1) is 11.3 Å². The minimum Gasteiger partial charge on any atom is -0.310 e. The Kier molecular flexibility index (Phi) is 4.10. The van der Waals surface area contributed by atoms with E-state index in [2.05, 4.69) is 44.3 Å². The SMILES string of the molecule is CCNC(c1cnn(CC)c1)C1CCCC1(C)C. The molecule has 3 heteroatoms. The first-order valence-corrected chi connectivity index (χ1v) is 7.34. The maximum atomic E-state index is 4.43. The smallest absolute Gasteiger partial charge is 0.0537 e. The van der Waals surface area contributed by atoms with Gasteiger partial charge in [-0.1, -0.05) is 27.2 Å². The fourth-order valence-corrected chi connectivity index (χ4v) is 3.40. The minimum atomic E-state index is 0.446. The van der Waals surface area contributed by atoms with Crippen molar-refractivity contribution in [2.24, 2.45) is 11.3 Å². The third-order valence-corrected chi connectivity index (χ3v) is 4.50. The summed E-state index contributed by atoms with van der Waals surface area (Å²) in [4.78, 5) is 0. The number of aromatic nitrogens is 2. The first kappa shape index (κ1) is 13.6. The van der Waals surface area contributed by atoms with Gasteiger partial charge in [0.15, 0.2) is 0 Å². The topological polar surface area (TPSA) is 29.9 Å². The van der Waals surface area contributed by atoms with Gasteiger partial charge in [0.05, 0.1) is 6.20 Å². The Morgan fingerprint density at radius 1 is 1.50 bits per heavy atom. The third kappa shape index (κ3) is 2.61. The summed E-state index contributed by atoms with van der Waals surface area (Å²) in [6, 6.07) is 0.466. The van der Waals surface area contributed by atoms with Crippen LogP contribution in [0.4, 0.5) is 0 Å². The van der Waals surface area contributed by atoms with E-state index < -0.39 is 0 Å². The van der Waals surface area contributed by atoms with Crippen LogP contribution in [0.25, 0.3) is 0 Å². The molecule has 0 spiro atoms. The van der Waals surface area contributed by atoms with E-state index in [9.17, 15) is 0 Å². The molecule has 1 N–H and O–H groups in total. The fraction of sp³-hybridized carbons (Fsp3) is 0.800. The van der Waals surface area contributed by atoms with E-state index in [-0.39, 0.29) is 0 Å². The van der Waals surface area contributed by atoms with Crippen molar-refractivity contribution in [3.8, 4) is 0 Å². The molecule has 18 heavy (non-hydrogen) atoms. The summed E-state index contributed by atoms with van der Waals surface area (Å²) < 4.78 is 2.03. The average molecular weight is 249 g/mol. The quantitative estimate of drug-likeness (QED) is 0.867. The second kappa shape index (κ2) is 5.43. The monoisotopic (exact) mass is 249 g/mol. The maximum Gasteiger partial charge on any atom is 0.0537 e. The van der Waals surface area contributed by atoms with Crippen molar-refractivity contribution in [1.29, 1.82) is 0 Å². The highest BCUT2D eigenvalue weighted by Crippen LogP contribution is 2.48. The molecule has 1 fully saturated rings. The molecule has 1 aromatic rings. The highest BCUT2D eigenvalue weighted by atomic mass is 15.3. The van der Waals surface area contributed by atoms with Gasteiger partial charge in [-0.25, -0.2) is 0 Å². The van der Waals surface area contributed by atoms with Crippen molar-refractivity contribution in [1.82, 2.24) is 15.1 Å². The average Bonchev–Trinajstić information content (AvgIpc) is 2.92. The van der Waals surface area contributed by atoms with Crippen molar-refractivity contribution in [3.05, 3.63) is 18.0 Å². The van der Waals surface area contributed by atoms with Gasteiger partial charge in [0.25, 0.3) is 0 Å². The summed E-state index contributed by atoms with van der Waals surface area (Å²) >= 11 is 0. The number of hydrogen-bond acceptors (Lipinski definition) is 2. The third-order valence-electron chi connectivity index (χ3n) is 4.50. The van der Waals surface area contributed by atoms with Crippen molar-refractivity contribution in [2.75, 3.05) is 6.54 Å². The van der Waals surface area contributed by atoms with E-state index in [1.54, 1.807) is 0 Å². The molecular formula is C15H27N3. The molecule has 2 unspecified atom stereocenters. The summed E-state index contributed by atoms with van der Waals surface area (Å²) in [5, 5.41) is 8.11. The molecule has 3 nitrogen and oxygen atoms in total. The summed E-state index contributed by atoms with van der Waals surface area (Å²) in [5.74, 6) is 0.729. The van der Waals surface area contributed by atoms with E-state index in [0.29, 0.717) is 11.5 Å². The predicted octanol–water partition coefficient (Wildman–Crippen LogP) is 3.38. The van der Waals surface area contributed by atoms with Crippen LogP contribution in [0.3, 0.4) is 0 Å². The Morgan fingerprint density at radius 2 is 2.28 bits per heavy atom. The molecule has 0 radical (unpaired) electrons. The summed E-state index contributed by atoms with van der Waals surface area (Å²) in [7, 11) is 0. The normalized spacial score (nSPS) is 24.3. The van der Waals surface area contributed by atoms with Crippen molar-refractivity contribution in [2.45, 2.75) is 59.5 Å². The van der Waals surface area contributed by atoms with Gasteiger partial charge in [0, 0.05) is 24.3 Å². The highest BCUT2D eigenvalue weighted by molar-refractivity contribution is 5.14. The van der Waals surface area contributed by atoms with Gasteiger partial charge in [-0.2, -0.15) is 5.10 Å². The van der Waals surface area contributed by atoms with Crippen LogP contribution in [-0.2, 0) is 6.54 Å². The Hall–Kier alpha value is -0.830. The van der Waals surface area contributed by atoms with Crippen molar-refractivity contribution in [3.63, 3.8) is 0 Å². The van der Waals surface area contributed by atoms with E-state index >= 15 is 0 Å². The molecule has 0 aliphatic heterocycles. The van der Waals surface area contributed by atoms with Crippen LogP contribution in [0.1, 0.15) is 58.6 Å². The standard InChI is InChI=1S/C15H27N3/c1-5-16-14(12-10-17-18(6-2)11-12)13-8-7-9-15(13,3)4/h10-11,13-14,16H,5-9H2,1-4H3. The lowest BCUT2D eigenvalue weighted by molar-refractivity contribution is 0.199. The molecule has 0 aromatic carbocycles. The lowest BCUT2D eigenvalue weighted by atomic mass is 9.76. The molecule has 2 atom stereocenters. The van der Waals surface area contributed by atoms with E-state index in [1.165, 1.54) is 24.8 Å². The number of nitrogens with one attached hydrogen (secondary N) is 1. The first-order valence-electron chi connectivity index (χ1n) is 7.34. The Morgan fingerprint density at radius 3 is 2.78 bits per heavy atom. The van der Waals surface area contributed by atoms with Crippen LogP contribution < -0.4 is 5.32 Å². The van der Waals surface area contributed by atoms with Crippen molar-refractivity contribution < 1.29 is 0 Å². The van der Waals surface area contributed by atoms with Gasteiger partial charge in [-0.05, 0) is 37.6 Å². The fourth-order valence-electron chi connectivity index (χ4n) is 3.40. The second-order valence-electron chi connectivity index (χ2n) is 6.15. The van der Waals surface area contributed by atoms with Crippen LogP contribution >= 0.6 is 0 Å². The maximum absolute atomic E-state index is 4.43. The zero-order valence-corrected chi connectivity index (χ0v) is 12.2. The molecule has 1 heterocycles. The van der Waals surface area contributed by atoms with Gasteiger partial charge >= 0.3 is 0 Å². The van der Waals surface area contributed by atoms with Crippen LogP contribution in [0.15, 0.2) is 12.4 Å². The summed E-state index contributed by atoms with van der Waals surface area (Å²) in [5.41, 5.74) is 1.81. The molecule has 1 aliphatic rings. The van der Waals surface area contributed by atoms with E-state index in [4.69, 9.17) is 0 Å². The summed E-state index contributed by atoms with van der Waals surface area (Å²) in [6.45, 7) is 11.1. The largest absolute Gasteiger partial charge is 0.310 e. The highest BCUT2D eigenvalue weighted by Gasteiger charge is 2.40. The zero-order chi connectivity index (χ0) is 13.2. The predicted molar refractivity (Wildman–Crippen MR) is 75.4 cm³/mol. The van der Waals surface area contributed by atoms with Gasteiger partial charge < -0.3 is 5.32 Å². The number of hydrogen-bond donors (Lipinski definition) is 1. The zero-order valence-electron chi connectivity index (χ0n) is 12.2. The second-order valence-corrected chi connectivity index (χ2v) is 6.15. The molecule has 1 aliphatic carbocycles. The molecule has 0 amide bonds. The van der Waals surface area contributed by atoms with Gasteiger partial charge in [0.2, 0.25) is 0 Å². The van der Waals surface area contributed by atoms with E-state index in [0.717, 1.165) is 19.0 Å². The Labute approximate surface area is 111 Å². The molecular weight excluding hydrogens is 222 g/mol. The molecule has 1 saturated carbocycles. The minimum absolute atomic E-state index is 0.446. The van der Waals surface area contributed by atoms with E-state index in [1.807, 2.05) is 10.9 Å². The number of nitrogens with zero attached hydrogens (tertiary/aromatic N) is 2. The van der Waals surface area contributed by atoms with Crippen LogP contribution in [-0.4, -0.2) is 16.3 Å². The van der Waals surface area contributed by atoms with Crippen LogP contribution in [0.2, 0.25) is 0 Å². The van der Waals surface area contributed by atoms with Crippen LogP contribution in [0.5, 0.6) is 0 Å². The van der Waals surface area contributed by atoms with Gasteiger partial charge in [-0.3, -0.25) is 4.68 Å². The Bertz CT molecular complexity index is 381. The molecule has 102 valence electrons. The molecule has 0 bridgehead atoms. The van der Waals surface area contributed by atoms with Gasteiger partial charge in [0.1, 0.15) is 0 Å². The van der Waals surface area contributed by atoms with Crippen molar-refractivity contribution >= 4 is 0 Å². The lowest BCUT2D eigenvalue weighted by Crippen LogP contribution is -2.33. The number of aryl methyl sites for hydroxylation is 1. The summed E-state index contributed by atoms with van der Waals surface area (Å²) in [6.07, 6.45) is 8.30. The van der Waals surface area contributed by atoms with Gasteiger partial charge in [-0.15, -0.1) is 0 Å². The first-order chi connectivity index (χ1) is 8.58. The molecule has 1 aromatic heterocycles. The lowest BCUT2D eigenvalue weighted by Gasteiger charge is -2.34. The number of rotatable bonds is 5. The molecule has 0 saturated heterocycles. The molecule has 2 rings (SSSR count). The Balaban J connectivity index is 2.22.